The van der Waals surface area contributed by atoms with E-state index in [1.165, 1.54) is 12.7 Å². The minimum atomic E-state index is -0.146. The Morgan fingerprint density at radius 2 is 2.18 bits per heavy atom. The lowest BCUT2D eigenvalue weighted by molar-refractivity contribution is -0.140. The highest BCUT2D eigenvalue weighted by molar-refractivity contribution is 9.09. The molecule has 0 aliphatic rings. The van der Waals surface area contributed by atoms with Crippen LogP contribution in [0.1, 0.15) is 19.8 Å². The van der Waals surface area contributed by atoms with Gasteiger partial charge in [-0.3, -0.25) is 4.79 Å². The van der Waals surface area contributed by atoms with Crippen molar-refractivity contribution in [1.82, 2.24) is 0 Å². The van der Waals surface area contributed by atoms with Crippen molar-refractivity contribution in [2.75, 3.05) is 12.4 Å². The molecule has 0 aromatic heterocycles. The van der Waals surface area contributed by atoms with Gasteiger partial charge >= 0.3 is 5.97 Å². The Labute approximate surface area is 75.7 Å². The fraction of sp³-hybridized carbons (Fsp3) is 0.625. The van der Waals surface area contributed by atoms with Crippen LogP contribution < -0.4 is 0 Å². The third-order valence-electron chi connectivity index (χ3n) is 1.38. The van der Waals surface area contributed by atoms with Gasteiger partial charge in [0.05, 0.1) is 7.11 Å². The number of rotatable bonds is 4. The number of alkyl halides is 1. The predicted molar refractivity (Wildman–Crippen MR) is 48.8 cm³/mol. The van der Waals surface area contributed by atoms with Crippen LogP contribution >= 0.6 is 15.9 Å². The molecule has 0 atom stereocenters. The van der Waals surface area contributed by atoms with E-state index in [4.69, 9.17) is 0 Å². The lowest BCUT2D eigenvalue weighted by Gasteiger charge is -1.98. The first kappa shape index (κ1) is 10.7. The van der Waals surface area contributed by atoms with E-state index in [9.17, 15) is 4.79 Å². The molecule has 11 heavy (non-hydrogen) atoms. The molecule has 2 nitrogen and oxygen atoms in total. The van der Waals surface area contributed by atoms with E-state index in [0.717, 1.165) is 11.8 Å². The molecule has 0 amide bonds. The van der Waals surface area contributed by atoms with E-state index < -0.39 is 0 Å². The Morgan fingerprint density at radius 3 is 2.64 bits per heavy atom. The molecule has 0 rings (SSSR count). The highest BCUT2D eigenvalue weighted by atomic mass is 79.9. The molecule has 0 aliphatic carbocycles. The van der Waals surface area contributed by atoms with Gasteiger partial charge < -0.3 is 4.74 Å². The number of hydrogen-bond acceptors (Lipinski definition) is 2. The molecule has 0 radical (unpaired) electrons. The fourth-order valence-electron chi connectivity index (χ4n) is 0.635. The van der Waals surface area contributed by atoms with E-state index in [1.54, 1.807) is 0 Å². The van der Waals surface area contributed by atoms with Crippen molar-refractivity contribution in [2.45, 2.75) is 19.8 Å². The van der Waals surface area contributed by atoms with Crippen LogP contribution in [0.3, 0.4) is 0 Å². The second-order valence-corrected chi connectivity index (χ2v) is 2.93. The second kappa shape index (κ2) is 6.40. The molecule has 0 spiro atoms. The maximum absolute atomic E-state index is 10.7. The van der Waals surface area contributed by atoms with E-state index in [0.29, 0.717) is 6.42 Å². The molecule has 0 aromatic carbocycles. The molecule has 0 saturated carbocycles. The Balaban J connectivity index is 3.53. The van der Waals surface area contributed by atoms with Gasteiger partial charge in [0.1, 0.15) is 0 Å². The van der Waals surface area contributed by atoms with Gasteiger partial charge in [0.15, 0.2) is 0 Å². The highest BCUT2D eigenvalue weighted by Crippen LogP contribution is 2.04. The molecule has 0 aromatic rings. The summed E-state index contributed by atoms with van der Waals surface area (Å²) in [5.41, 5.74) is 1.22. The summed E-state index contributed by atoms with van der Waals surface area (Å²) in [4.78, 5) is 10.7. The average Bonchev–Trinajstić information content (AvgIpc) is 2.01. The largest absolute Gasteiger partial charge is 0.469 e. The van der Waals surface area contributed by atoms with E-state index in [1.807, 2.05) is 13.0 Å². The SMILES string of the molecule is COC(=O)CC/C(C)=C/CBr. The van der Waals surface area contributed by atoms with Crippen LogP contribution in [0.5, 0.6) is 0 Å². The Kier molecular flexibility index (Phi) is 6.22. The molecule has 3 heteroatoms. The van der Waals surface area contributed by atoms with Crippen LogP contribution in [-0.4, -0.2) is 18.4 Å². The van der Waals surface area contributed by atoms with Crippen molar-refractivity contribution in [3.63, 3.8) is 0 Å². The first-order valence-electron chi connectivity index (χ1n) is 3.49. The minimum Gasteiger partial charge on any atom is -0.469 e. The molecule has 0 saturated heterocycles. The quantitative estimate of drug-likeness (QED) is 0.413. The van der Waals surface area contributed by atoms with E-state index >= 15 is 0 Å². The van der Waals surface area contributed by atoms with Gasteiger partial charge in [-0.05, 0) is 13.3 Å². The zero-order chi connectivity index (χ0) is 8.69. The average molecular weight is 221 g/mol. The molecule has 0 unspecified atom stereocenters. The summed E-state index contributed by atoms with van der Waals surface area (Å²) >= 11 is 3.28. The molecule has 0 aliphatic heterocycles. The molecule has 0 fully saturated rings. The smallest absolute Gasteiger partial charge is 0.305 e. The first-order valence-corrected chi connectivity index (χ1v) is 4.61. The van der Waals surface area contributed by atoms with Crippen LogP contribution in [0, 0.1) is 0 Å². The molecule has 64 valence electrons. The Morgan fingerprint density at radius 1 is 1.55 bits per heavy atom. The third-order valence-corrected chi connectivity index (χ3v) is 1.70. The monoisotopic (exact) mass is 220 g/mol. The van der Waals surface area contributed by atoms with Crippen LogP contribution in [0.2, 0.25) is 0 Å². The van der Waals surface area contributed by atoms with Crippen molar-refractivity contribution in [3.05, 3.63) is 11.6 Å². The van der Waals surface area contributed by atoms with Crippen LogP contribution in [-0.2, 0) is 9.53 Å². The maximum Gasteiger partial charge on any atom is 0.305 e. The van der Waals surface area contributed by atoms with Gasteiger partial charge in [0.2, 0.25) is 0 Å². The number of carbonyl (C=O) groups is 1. The van der Waals surface area contributed by atoms with E-state index in [2.05, 4.69) is 20.7 Å². The number of ether oxygens (including phenoxy) is 1. The van der Waals surface area contributed by atoms with Crippen molar-refractivity contribution in [3.8, 4) is 0 Å². The molecular formula is C8H13BrO2. The van der Waals surface area contributed by atoms with Gasteiger partial charge in [0.25, 0.3) is 0 Å². The maximum atomic E-state index is 10.7. The number of carbonyl (C=O) groups excluding carboxylic acids is 1. The van der Waals surface area contributed by atoms with Gasteiger partial charge in [-0.2, -0.15) is 0 Å². The number of hydrogen-bond donors (Lipinski definition) is 0. The lowest BCUT2D eigenvalue weighted by atomic mass is 10.1. The summed E-state index contributed by atoms with van der Waals surface area (Å²) in [6.07, 6.45) is 3.31. The number of esters is 1. The summed E-state index contributed by atoms with van der Waals surface area (Å²) in [5.74, 6) is -0.146. The van der Waals surface area contributed by atoms with Crippen LogP contribution in [0.4, 0.5) is 0 Å². The number of allylic oxidation sites excluding steroid dienone is 2. The third kappa shape index (κ3) is 6.10. The molecular weight excluding hydrogens is 208 g/mol. The van der Waals surface area contributed by atoms with Gasteiger partial charge in [-0.15, -0.1) is 0 Å². The van der Waals surface area contributed by atoms with Gasteiger partial charge in [-0.25, -0.2) is 0 Å². The summed E-state index contributed by atoms with van der Waals surface area (Å²) in [7, 11) is 1.41. The molecule has 0 N–H and O–H groups in total. The second-order valence-electron chi connectivity index (χ2n) is 2.28. The topological polar surface area (TPSA) is 26.3 Å². The first-order chi connectivity index (χ1) is 5.20. The summed E-state index contributed by atoms with van der Waals surface area (Å²) in [5, 5.41) is 0.847. The van der Waals surface area contributed by atoms with E-state index in [-0.39, 0.29) is 5.97 Å². The summed E-state index contributed by atoms with van der Waals surface area (Å²) in [6, 6.07) is 0. The zero-order valence-electron chi connectivity index (χ0n) is 6.89. The van der Waals surface area contributed by atoms with Crippen molar-refractivity contribution >= 4 is 21.9 Å². The standard InChI is InChI=1S/C8H13BrO2/c1-7(5-6-9)3-4-8(10)11-2/h5H,3-4,6H2,1-2H3/b7-5+. The normalized spacial score (nSPS) is 11.4. The van der Waals surface area contributed by atoms with Gasteiger partial charge in [0, 0.05) is 11.8 Å². The minimum absolute atomic E-state index is 0.146. The Bertz CT molecular complexity index is 152. The lowest BCUT2D eigenvalue weighted by Crippen LogP contribution is -1.99. The van der Waals surface area contributed by atoms with Crippen LogP contribution in [0.25, 0.3) is 0 Å². The Hall–Kier alpha value is -0.310. The number of halogens is 1. The van der Waals surface area contributed by atoms with Crippen molar-refractivity contribution in [2.24, 2.45) is 0 Å². The van der Waals surface area contributed by atoms with Crippen LogP contribution in [0.15, 0.2) is 11.6 Å². The number of methoxy groups -OCH3 is 1. The van der Waals surface area contributed by atoms with Crippen molar-refractivity contribution < 1.29 is 9.53 Å². The summed E-state index contributed by atoms with van der Waals surface area (Å²) < 4.78 is 4.50. The predicted octanol–water partition coefficient (Wildman–Crippen LogP) is 2.28. The molecule has 0 bridgehead atoms. The highest BCUT2D eigenvalue weighted by Gasteiger charge is 1.99. The van der Waals surface area contributed by atoms with Gasteiger partial charge in [-0.1, -0.05) is 27.6 Å². The summed E-state index contributed by atoms with van der Waals surface area (Å²) in [6.45, 7) is 2.00. The molecule has 0 heterocycles. The fourth-order valence-corrected chi connectivity index (χ4v) is 1.19. The van der Waals surface area contributed by atoms with Crippen molar-refractivity contribution in [1.29, 1.82) is 0 Å². The zero-order valence-corrected chi connectivity index (χ0v) is 8.48.